The molecule has 0 aliphatic heterocycles. The minimum absolute atomic E-state index is 0.243. The highest BCUT2D eigenvalue weighted by atomic mass is 16.2. The van der Waals surface area contributed by atoms with Crippen molar-refractivity contribution in [3.8, 4) is 0 Å². The molecule has 1 nitrogen and oxygen atoms in total. The van der Waals surface area contributed by atoms with Crippen LogP contribution < -0.4 is 0 Å². The lowest BCUT2D eigenvalue weighted by Gasteiger charge is -2.01. The van der Waals surface area contributed by atoms with E-state index in [0.29, 0.717) is 0 Å². The molecule has 120 valence electrons. The summed E-state index contributed by atoms with van der Waals surface area (Å²) in [5.74, 6) is 0. The number of benzene rings is 2. The molecule has 23 heavy (non-hydrogen) atoms. The van der Waals surface area contributed by atoms with Crippen LogP contribution in [0.25, 0.3) is 18.2 Å². The van der Waals surface area contributed by atoms with Crippen LogP contribution in [-0.4, -0.2) is 11.7 Å². The van der Waals surface area contributed by atoms with Gasteiger partial charge in [-0.3, -0.25) is 0 Å². The summed E-state index contributed by atoms with van der Waals surface area (Å²) in [6.07, 6.45) is 7.60. The molecule has 0 bridgehead atoms. The van der Waals surface area contributed by atoms with E-state index in [0.717, 1.165) is 24.0 Å². The van der Waals surface area contributed by atoms with Gasteiger partial charge in [0.25, 0.3) is 0 Å². The monoisotopic (exact) mass is 306 g/mol. The molecular formula is C22H26O. The van der Waals surface area contributed by atoms with E-state index in [9.17, 15) is 0 Å². The Labute approximate surface area is 140 Å². The molecule has 0 saturated carbocycles. The number of hydrogen-bond donors (Lipinski definition) is 1. The van der Waals surface area contributed by atoms with E-state index in [2.05, 4.69) is 38.3 Å². The van der Waals surface area contributed by atoms with Crippen LogP contribution in [0.2, 0.25) is 0 Å². The van der Waals surface area contributed by atoms with Crippen molar-refractivity contribution in [3.63, 3.8) is 0 Å². The zero-order chi connectivity index (χ0) is 16.9. The van der Waals surface area contributed by atoms with Gasteiger partial charge in [0.2, 0.25) is 0 Å². The molecule has 1 N–H and O–H groups in total. The highest BCUT2D eigenvalue weighted by molar-refractivity contribution is 5.63. The van der Waals surface area contributed by atoms with Crippen LogP contribution in [0.3, 0.4) is 0 Å². The molecule has 2 aromatic rings. The van der Waals surface area contributed by atoms with Crippen molar-refractivity contribution in [2.75, 3.05) is 6.61 Å². The van der Waals surface area contributed by atoms with Crippen LogP contribution in [0.15, 0.2) is 73.3 Å². The number of aliphatic hydroxyl groups excluding tert-OH is 1. The van der Waals surface area contributed by atoms with Gasteiger partial charge in [-0.15, -0.1) is 0 Å². The van der Waals surface area contributed by atoms with Gasteiger partial charge in [0.05, 0.1) is 0 Å². The molecule has 0 fully saturated rings. The quantitative estimate of drug-likeness (QED) is 0.711. The van der Waals surface area contributed by atoms with E-state index in [1.54, 1.807) is 0 Å². The summed E-state index contributed by atoms with van der Waals surface area (Å²) in [5.41, 5.74) is 4.79. The molecular weight excluding hydrogens is 280 g/mol. The van der Waals surface area contributed by atoms with E-state index in [-0.39, 0.29) is 6.61 Å². The molecule has 0 aliphatic rings. The first kappa shape index (κ1) is 18.7. The van der Waals surface area contributed by atoms with Gasteiger partial charge in [-0.1, -0.05) is 98.5 Å². The van der Waals surface area contributed by atoms with Gasteiger partial charge in [-0.05, 0) is 29.5 Å². The Morgan fingerprint density at radius 1 is 0.913 bits per heavy atom. The fourth-order valence-corrected chi connectivity index (χ4v) is 2.16. The van der Waals surface area contributed by atoms with Crippen molar-refractivity contribution >= 4 is 18.2 Å². The predicted molar refractivity (Wildman–Crippen MR) is 103 cm³/mol. The average molecular weight is 306 g/mol. The molecule has 0 radical (unpaired) electrons. The highest BCUT2D eigenvalue weighted by Crippen LogP contribution is 2.12. The first-order valence-electron chi connectivity index (χ1n) is 7.94. The Hall–Kier alpha value is -2.38. The summed E-state index contributed by atoms with van der Waals surface area (Å²) in [4.78, 5) is 0. The maximum Gasteiger partial charge on any atom is 0.0468 e. The maximum atomic E-state index is 8.80. The molecule has 2 rings (SSSR count). The fourth-order valence-electron chi connectivity index (χ4n) is 2.16. The highest BCUT2D eigenvalue weighted by Gasteiger charge is 1.93. The summed E-state index contributed by atoms with van der Waals surface area (Å²) in [5, 5.41) is 8.80. The molecule has 0 atom stereocenters. The van der Waals surface area contributed by atoms with Crippen molar-refractivity contribution in [3.05, 3.63) is 90.0 Å². The van der Waals surface area contributed by atoms with Crippen molar-refractivity contribution in [2.45, 2.75) is 19.8 Å². The molecule has 2 aromatic carbocycles. The Morgan fingerprint density at radius 2 is 1.43 bits per heavy atom. The van der Waals surface area contributed by atoms with E-state index in [4.69, 9.17) is 5.11 Å². The number of rotatable bonds is 6. The second-order valence-electron chi connectivity index (χ2n) is 5.08. The van der Waals surface area contributed by atoms with Gasteiger partial charge in [-0.25, -0.2) is 0 Å². The SMILES string of the molecule is C=Cc1ccccc1C=C.CCC(=Cc1ccccc1)CCO. The molecule has 0 amide bonds. The molecule has 1 heteroatoms. The van der Waals surface area contributed by atoms with Gasteiger partial charge < -0.3 is 5.11 Å². The molecule has 0 aromatic heterocycles. The molecule has 0 aliphatic carbocycles. The third-order valence-electron chi connectivity index (χ3n) is 3.49. The van der Waals surface area contributed by atoms with Crippen molar-refractivity contribution in [2.24, 2.45) is 0 Å². The van der Waals surface area contributed by atoms with Gasteiger partial charge in [0, 0.05) is 6.61 Å². The van der Waals surface area contributed by atoms with Crippen LogP contribution >= 0.6 is 0 Å². The van der Waals surface area contributed by atoms with Gasteiger partial charge >= 0.3 is 0 Å². The Kier molecular flexibility index (Phi) is 9.11. The topological polar surface area (TPSA) is 20.2 Å². The predicted octanol–water partition coefficient (Wildman–Crippen LogP) is 5.84. The van der Waals surface area contributed by atoms with E-state index >= 15 is 0 Å². The van der Waals surface area contributed by atoms with Gasteiger partial charge in [0.15, 0.2) is 0 Å². The third kappa shape index (κ3) is 6.94. The Bertz CT molecular complexity index is 596. The Balaban J connectivity index is 0.000000238. The lowest BCUT2D eigenvalue weighted by molar-refractivity contribution is 0.298. The van der Waals surface area contributed by atoms with Crippen LogP contribution in [0.1, 0.15) is 36.5 Å². The summed E-state index contributed by atoms with van der Waals surface area (Å²) in [6, 6.07) is 18.2. The first-order valence-corrected chi connectivity index (χ1v) is 7.94. The van der Waals surface area contributed by atoms with Gasteiger partial charge in [0.1, 0.15) is 0 Å². The van der Waals surface area contributed by atoms with Crippen LogP contribution in [0.4, 0.5) is 0 Å². The average Bonchev–Trinajstić information content (AvgIpc) is 2.62. The van der Waals surface area contributed by atoms with Crippen LogP contribution in [-0.2, 0) is 0 Å². The minimum atomic E-state index is 0.243. The number of hydrogen-bond acceptors (Lipinski definition) is 1. The number of aliphatic hydroxyl groups is 1. The molecule has 0 spiro atoms. The fraction of sp³-hybridized carbons (Fsp3) is 0.182. The van der Waals surface area contributed by atoms with Crippen LogP contribution in [0, 0.1) is 0 Å². The first-order chi connectivity index (χ1) is 11.2. The zero-order valence-electron chi connectivity index (χ0n) is 13.9. The van der Waals surface area contributed by atoms with Gasteiger partial charge in [-0.2, -0.15) is 0 Å². The maximum absolute atomic E-state index is 8.80. The lowest BCUT2D eigenvalue weighted by atomic mass is 10.1. The molecule has 0 heterocycles. The van der Waals surface area contributed by atoms with Crippen molar-refractivity contribution < 1.29 is 5.11 Å². The summed E-state index contributed by atoms with van der Waals surface area (Å²) in [7, 11) is 0. The van der Waals surface area contributed by atoms with E-state index < -0.39 is 0 Å². The smallest absolute Gasteiger partial charge is 0.0468 e. The summed E-state index contributed by atoms with van der Waals surface area (Å²) in [6.45, 7) is 9.74. The zero-order valence-corrected chi connectivity index (χ0v) is 13.9. The second kappa shape index (κ2) is 11.2. The standard InChI is InChI=1S/C12H16O.C10H10/c1-2-11(8-9-13)10-12-6-4-3-5-7-12;1-3-9-7-5-6-8-10(9)4-2/h3-7,10,13H,2,8-9H2,1H3;3-8H,1-2H2. The summed E-state index contributed by atoms with van der Waals surface area (Å²) >= 11 is 0. The lowest BCUT2D eigenvalue weighted by Crippen LogP contribution is -1.87. The normalized spacial score (nSPS) is 10.4. The molecule has 0 unspecified atom stereocenters. The van der Waals surface area contributed by atoms with E-state index in [1.807, 2.05) is 54.6 Å². The summed E-state index contributed by atoms with van der Waals surface area (Å²) < 4.78 is 0. The third-order valence-corrected chi connectivity index (χ3v) is 3.49. The Morgan fingerprint density at radius 3 is 1.87 bits per heavy atom. The molecule has 0 saturated heterocycles. The van der Waals surface area contributed by atoms with Crippen molar-refractivity contribution in [1.82, 2.24) is 0 Å². The van der Waals surface area contributed by atoms with E-state index in [1.165, 1.54) is 11.1 Å². The van der Waals surface area contributed by atoms with Crippen molar-refractivity contribution in [1.29, 1.82) is 0 Å². The minimum Gasteiger partial charge on any atom is -0.396 e. The van der Waals surface area contributed by atoms with Crippen LogP contribution in [0.5, 0.6) is 0 Å². The second-order valence-corrected chi connectivity index (χ2v) is 5.08. The largest absolute Gasteiger partial charge is 0.396 e.